The van der Waals surface area contributed by atoms with E-state index in [1.165, 1.54) is 5.56 Å². The Labute approximate surface area is 117 Å². The molecule has 4 heteroatoms. The molecule has 0 amide bonds. The molecule has 1 saturated heterocycles. The molecule has 1 fully saturated rings. The van der Waals surface area contributed by atoms with Gasteiger partial charge in [-0.2, -0.15) is 0 Å². The van der Waals surface area contributed by atoms with Crippen LogP contribution in [0.15, 0.2) is 22.7 Å². The van der Waals surface area contributed by atoms with Crippen LogP contribution in [0.2, 0.25) is 0 Å². The molecule has 1 aromatic rings. The minimum atomic E-state index is 0.256. The third-order valence-corrected chi connectivity index (χ3v) is 3.81. The maximum atomic E-state index is 5.91. The maximum absolute atomic E-state index is 5.91. The van der Waals surface area contributed by atoms with E-state index < -0.39 is 0 Å². The second kappa shape index (κ2) is 6.55. The molecule has 1 aromatic carbocycles. The molecule has 0 saturated carbocycles. The van der Waals surface area contributed by atoms with Crippen molar-refractivity contribution in [1.29, 1.82) is 0 Å². The summed E-state index contributed by atoms with van der Waals surface area (Å²) >= 11 is 3.50. The van der Waals surface area contributed by atoms with E-state index >= 15 is 0 Å². The SMILES string of the molecule is CNC(C)c1cc(Br)ccc1OCC1CCCO1. The van der Waals surface area contributed by atoms with Gasteiger partial charge in [-0.15, -0.1) is 0 Å². The largest absolute Gasteiger partial charge is 0.491 e. The molecule has 0 aliphatic carbocycles. The average molecular weight is 314 g/mol. The van der Waals surface area contributed by atoms with Gasteiger partial charge in [0.1, 0.15) is 12.4 Å². The van der Waals surface area contributed by atoms with Gasteiger partial charge >= 0.3 is 0 Å². The van der Waals surface area contributed by atoms with Crippen LogP contribution in [0.25, 0.3) is 0 Å². The van der Waals surface area contributed by atoms with E-state index in [0.717, 1.165) is 29.7 Å². The molecule has 2 unspecified atom stereocenters. The van der Waals surface area contributed by atoms with Crippen LogP contribution in [0.1, 0.15) is 31.4 Å². The molecule has 1 heterocycles. The van der Waals surface area contributed by atoms with Crippen molar-refractivity contribution >= 4 is 15.9 Å². The Hall–Kier alpha value is -0.580. The lowest BCUT2D eigenvalue weighted by Crippen LogP contribution is -2.19. The topological polar surface area (TPSA) is 30.5 Å². The molecule has 100 valence electrons. The molecular formula is C14H20BrNO2. The fourth-order valence-electron chi connectivity index (χ4n) is 2.10. The highest BCUT2D eigenvalue weighted by Crippen LogP contribution is 2.29. The second-order valence-corrected chi connectivity index (χ2v) is 5.55. The summed E-state index contributed by atoms with van der Waals surface area (Å²) in [6.45, 7) is 3.64. The average Bonchev–Trinajstić information content (AvgIpc) is 2.89. The second-order valence-electron chi connectivity index (χ2n) is 4.64. The zero-order valence-corrected chi connectivity index (χ0v) is 12.5. The first kappa shape index (κ1) is 13.8. The van der Waals surface area contributed by atoms with Crippen molar-refractivity contribution in [3.63, 3.8) is 0 Å². The van der Waals surface area contributed by atoms with Gasteiger partial charge in [0.05, 0.1) is 6.10 Å². The molecule has 2 rings (SSSR count). The van der Waals surface area contributed by atoms with Crippen molar-refractivity contribution in [2.75, 3.05) is 20.3 Å². The first-order valence-corrected chi connectivity index (χ1v) is 7.21. The summed E-state index contributed by atoms with van der Waals surface area (Å²) in [5.41, 5.74) is 1.17. The van der Waals surface area contributed by atoms with Gasteiger partial charge in [-0.25, -0.2) is 0 Å². The number of halogens is 1. The number of hydrogen-bond donors (Lipinski definition) is 1. The van der Waals surface area contributed by atoms with E-state index in [2.05, 4.69) is 34.2 Å². The highest BCUT2D eigenvalue weighted by Gasteiger charge is 2.17. The Morgan fingerprint density at radius 1 is 1.56 bits per heavy atom. The molecule has 18 heavy (non-hydrogen) atoms. The van der Waals surface area contributed by atoms with E-state index in [4.69, 9.17) is 9.47 Å². The van der Waals surface area contributed by atoms with E-state index in [9.17, 15) is 0 Å². The van der Waals surface area contributed by atoms with Gasteiger partial charge in [0, 0.05) is 22.7 Å². The van der Waals surface area contributed by atoms with Crippen molar-refractivity contribution in [3.8, 4) is 5.75 Å². The van der Waals surface area contributed by atoms with Crippen LogP contribution < -0.4 is 10.1 Å². The molecular weight excluding hydrogens is 294 g/mol. The number of benzene rings is 1. The predicted molar refractivity (Wildman–Crippen MR) is 76.1 cm³/mol. The normalized spacial score (nSPS) is 20.9. The Bertz CT molecular complexity index is 391. The Morgan fingerprint density at radius 3 is 3.06 bits per heavy atom. The summed E-state index contributed by atoms with van der Waals surface area (Å²) in [4.78, 5) is 0. The minimum Gasteiger partial charge on any atom is -0.491 e. The maximum Gasteiger partial charge on any atom is 0.124 e. The number of ether oxygens (including phenoxy) is 2. The van der Waals surface area contributed by atoms with E-state index in [1.807, 2.05) is 19.2 Å². The fraction of sp³-hybridized carbons (Fsp3) is 0.571. The van der Waals surface area contributed by atoms with Crippen molar-refractivity contribution in [3.05, 3.63) is 28.2 Å². The third-order valence-electron chi connectivity index (χ3n) is 3.32. The van der Waals surface area contributed by atoms with Gasteiger partial charge in [-0.05, 0) is 45.0 Å². The first-order chi connectivity index (χ1) is 8.70. The highest BCUT2D eigenvalue weighted by molar-refractivity contribution is 9.10. The fourth-order valence-corrected chi connectivity index (χ4v) is 2.48. The van der Waals surface area contributed by atoms with Crippen molar-refractivity contribution in [1.82, 2.24) is 5.32 Å². The van der Waals surface area contributed by atoms with Crippen LogP contribution in [0.5, 0.6) is 5.75 Å². The van der Waals surface area contributed by atoms with Crippen molar-refractivity contribution < 1.29 is 9.47 Å². The first-order valence-electron chi connectivity index (χ1n) is 6.42. The van der Waals surface area contributed by atoms with Crippen molar-refractivity contribution in [2.45, 2.75) is 31.9 Å². The third kappa shape index (κ3) is 3.46. The molecule has 0 radical (unpaired) electrons. The molecule has 1 N–H and O–H groups in total. The smallest absolute Gasteiger partial charge is 0.124 e. The number of nitrogens with one attached hydrogen (secondary N) is 1. The highest BCUT2D eigenvalue weighted by atomic mass is 79.9. The van der Waals surface area contributed by atoms with Crippen LogP contribution >= 0.6 is 15.9 Å². The summed E-state index contributed by atoms with van der Waals surface area (Å²) in [5, 5.41) is 3.24. The zero-order valence-electron chi connectivity index (χ0n) is 10.9. The molecule has 1 aliphatic rings. The summed E-state index contributed by atoms with van der Waals surface area (Å²) in [6.07, 6.45) is 2.51. The van der Waals surface area contributed by atoms with Crippen LogP contribution in [-0.4, -0.2) is 26.4 Å². The van der Waals surface area contributed by atoms with Gasteiger partial charge in [0.25, 0.3) is 0 Å². The zero-order chi connectivity index (χ0) is 13.0. The summed E-state index contributed by atoms with van der Waals surface area (Å²) < 4.78 is 12.6. The molecule has 1 aliphatic heterocycles. The molecule has 0 bridgehead atoms. The van der Waals surface area contributed by atoms with Gasteiger partial charge in [0.2, 0.25) is 0 Å². The summed E-state index contributed by atoms with van der Waals surface area (Å²) in [7, 11) is 1.95. The lowest BCUT2D eigenvalue weighted by molar-refractivity contribution is 0.0674. The van der Waals surface area contributed by atoms with Crippen molar-refractivity contribution in [2.24, 2.45) is 0 Å². The van der Waals surface area contributed by atoms with Gasteiger partial charge in [-0.3, -0.25) is 0 Å². The van der Waals surface area contributed by atoms with Gasteiger partial charge in [-0.1, -0.05) is 15.9 Å². The Kier molecular flexibility index (Phi) is 5.03. The number of rotatable bonds is 5. The molecule has 0 spiro atoms. The van der Waals surface area contributed by atoms with Crippen LogP contribution in [0.4, 0.5) is 0 Å². The predicted octanol–water partition coefficient (Wildman–Crippen LogP) is 3.29. The van der Waals surface area contributed by atoms with E-state index in [-0.39, 0.29) is 12.1 Å². The monoisotopic (exact) mass is 313 g/mol. The molecule has 0 aromatic heterocycles. The van der Waals surface area contributed by atoms with E-state index in [1.54, 1.807) is 0 Å². The number of hydrogen-bond acceptors (Lipinski definition) is 3. The van der Waals surface area contributed by atoms with Crippen LogP contribution in [0, 0.1) is 0 Å². The lowest BCUT2D eigenvalue weighted by Gasteiger charge is -2.18. The van der Waals surface area contributed by atoms with Gasteiger partial charge < -0.3 is 14.8 Å². The van der Waals surface area contributed by atoms with Crippen LogP contribution in [-0.2, 0) is 4.74 Å². The standard InChI is InChI=1S/C14H20BrNO2/c1-10(16-2)13-8-11(15)5-6-14(13)18-9-12-4-3-7-17-12/h5-6,8,10,12,16H,3-4,7,9H2,1-2H3. The summed E-state index contributed by atoms with van der Waals surface area (Å²) in [5.74, 6) is 0.940. The van der Waals surface area contributed by atoms with Gasteiger partial charge in [0.15, 0.2) is 0 Å². The molecule has 3 nitrogen and oxygen atoms in total. The quantitative estimate of drug-likeness (QED) is 0.905. The van der Waals surface area contributed by atoms with Crippen LogP contribution in [0.3, 0.4) is 0 Å². The molecule has 2 atom stereocenters. The summed E-state index contributed by atoms with van der Waals surface area (Å²) in [6, 6.07) is 6.40. The minimum absolute atomic E-state index is 0.256. The Balaban J connectivity index is 2.05. The Morgan fingerprint density at radius 2 is 2.39 bits per heavy atom. The lowest BCUT2D eigenvalue weighted by atomic mass is 10.1. The van der Waals surface area contributed by atoms with E-state index in [0.29, 0.717) is 6.61 Å².